The minimum absolute atomic E-state index is 0.00722. The Morgan fingerprint density at radius 1 is 1.18 bits per heavy atom. The van der Waals surface area contributed by atoms with Crippen LogP contribution in [0.25, 0.3) is 0 Å². The summed E-state index contributed by atoms with van der Waals surface area (Å²) in [5.74, 6) is -1.20. The van der Waals surface area contributed by atoms with E-state index in [9.17, 15) is 18.0 Å². The van der Waals surface area contributed by atoms with E-state index in [0.29, 0.717) is 0 Å². The number of hydrogen-bond donors (Lipinski definition) is 1. The van der Waals surface area contributed by atoms with Gasteiger partial charge in [0, 0.05) is 13.1 Å². The molecule has 0 saturated heterocycles. The van der Waals surface area contributed by atoms with Crippen molar-refractivity contribution in [1.82, 2.24) is 9.62 Å². The van der Waals surface area contributed by atoms with Crippen LogP contribution < -0.4 is 5.32 Å². The van der Waals surface area contributed by atoms with Crippen molar-refractivity contribution in [3.8, 4) is 0 Å². The molecule has 0 radical (unpaired) electrons. The van der Waals surface area contributed by atoms with E-state index in [1.165, 1.54) is 35.0 Å². The van der Waals surface area contributed by atoms with Crippen molar-refractivity contribution in [3.05, 3.63) is 64.2 Å². The molecular weight excluding hydrogens is 464 g/mol. The highest BCUT2D eigenvalue weighted by molar-refractivity contribution is 7.89. The van der Waals surface area contributed by atoms with Gasteiger partial charge in [0.25, 0.3) is 5.91 Å². The van der Waals surface area contributed by atoms with Gasteiger partial charge < -0.3 is 10.1 Å². The molecule has 1 aliphatic rings. The first-order valence-electron chi connectivity index (χ1n) is 11.1. The summed E-state index contributed by atoms with van der Waals surface area (Å²) < 4.78 is 32.3. The van der Waals surface area contributed by atoms with Crippen molar-refractivity contribution >= 4 is 33.5 Å². The molecule has 1 amide bonds. The van der Waals surface area contributed by atoms with Crippen LogP contribution in [-0.4, -0.2) is 43.8 Å². The Hall–Kier alpha value is -2.42. The van der Waals surface area contributed by atoms with Gasteiger partial charge in [0.2, 0.25) is 10.0 Å². The molecule has 2 aromatic carbocycles. The van der Waals surface area contributed by atoms with Crippen LogP contribution in [0.3, 0.4) is 0 Å². The van der Waals surface area contributed by atoms with E-state index in [-0.39, 0.29) is 34.6 Å². The summed E-state index contributed by atoms with van der Waals surface area (Å²) in [6, 6.07) is 11.8. The summed E-state index contributed by atoms with van der Waals surface area (Å²) in [5, 5.41) is 2.98. The maximum Gasteiger partial charge on any atom is 0.338 e. The number of carbonyl (C=O) groups is 2. The molecule has 1 N–H and O–H groups in total. The molecular formula is C24H29ClN2O5S. The lowest BCUT2D eigenvalue weighted by Gasteiger charge is -2.27. The summed E-state index contributed by atoms with van der Waals surface area (Å²) in [6.45, 7) is 5.47. The minimum Gasteiger partial charge on any atom is -0.449 e. The molecule has 0 fully saturated rings. The van der Waals surface area contributed by atoms with Crippen LogP contribution in [0.15, 0.2) is 47.4 Å². The van der Waals surface area contributed by atoms with Crippen molar-refractivity contribution in [1.29, 1.82) is 0 Å². The van der Waals surface area contributed by atoms with E-state index in [2.05, 4.69) is 11.4 Å². The molecule has 2 atom stereocenters. The van der Waals surface area contributed by atoms with E-state index in [0.717, 1.165) is 24.8 Å². The van der Waals surface area contributed by atoms with Gasteiger partial charge in [0.15, 0.2) is 6.10 Å². The lowest BCUT2D eigenvalue weighted by atomic mass is 9.87. The third-order valence-corrected chi connectivity index (χ3v) is 8.36. The highest BCUT2D eigenvalue weighted by Crippen LogP contribution is 2.30. The lowest BCUT2D eigenvalue weighted by molar-refractivity contribution is -0.130. The Labute approximate surface area is 200 Å². The topological polar surface area (TPSA) is 92.8 Å². The molecule has 33 heavy (non-hydrogen) atoms. The fourth-order valence-corrected chi connectivity index (χ4v) is 5.96. The minimum atomic E-state index is -3.87. The smallest absolute Gasteiger partial charge is 0.338 e. The van der Waals surface area contributed by atoms with Crippen molar-refractivity contribution in [2.45, 2.75) is 57.1 Å². The summed E-state index contributed by atoms with van der Waals surface area (Å²) >= 11 is 6.13. The number of hydrogen-bond acceptors (Lipinski definition) is 5. The zero-order chi connectivity index (χ0) is 24.2. The second-order valence-electron chi connectivity index (χ2n) is 7.93. The van der Waals surface area contributed by atoms with E-state index in [4.69, 9.17) is 16.3 Å². The maximum absolute atomic E-state index is 12.9. The first kappa shape index (κ1) is 25.2. The zero-order valence-corrected chi connectivity index (χ0v) is 20.6. The monoisotopic (exact) mass is 492 g/mol. The van der Waals surface area contributed by atoms with Gasteiger partial charge in [-0.3, -0.25) is 4.79 Å². The standard InChI is InChI=1S/C24H29ClN2O5S/c1-4-27(5-2)33(30,31)22-15-18(13-14-20(22)25)24(29)32-16(3)23(28)26-21-12-8-10-17-9-6-7-11-19(17)21/h6-7,9,11,13-16,21H,4-5,8,10,12H2,1-3H3,(H,26,28). The number of benzene rings is 2. The molecule has 1 aliphatic carbocycles. The largest absolute Gasteiger partial charge is 0.449 e. The Morgan fingerprint density at radius 3 is 2.58 bits per heavy atom. The van der Waals surface area contributed by atoms with Crippen LogP contribution >= 0.6 is 11.6 Å². The third-order valence-electron chi connectivity index (χ3n) is 5.83. The van der Waals surface area contributed by atoms with Crippen LogP contribution in [0.5, 0.6) is 0 Å². The Balaban J connectivity index is 1.72. The van der Waals surface area contributed by atoms with Gasteiger partial charge in [-0.2, -0.15) is 4.31 Å². The molecule has 178 valence electrons. The molecule has 3 rings (SSSR count). The number of fused-ring (bicyclic) bond motifs is 1. The number of amides is 1. The van der Waals surface area contributed by atoms with Crippen molar-refractivity contribution in [2.24, 2.45) is 0 Å². The first-order chi connectivity index (χ1) is 15.7. The summed E-state index contributed by atoms with van der Waals surface area (Å²) in [5.41, 5.74) is 2.30. The SMILES string of the molecule is CCN(CC)S(=O)(=O)c1cc(C(=O)OC(C)C(=O)NC2CCCc3ccccc32)ccc1Cl. The molecule has 9 heteroatoms. The second-order valence-corrected chi connectivity index (χ2v) is 10.2. The normalized spacial score (nSPS) is 16.7. The zero-order valence-electron chi connectivity index (χ0n) is 19.0. The van der Waals surface area contributed by atoms with Crippen LogP contribution in [0.2, 0.25) is 5.02 Å². The molecule has 0 spiro atoms. The molecule has 0 bridgehead atoms. The average molecular weight is 493 g/mol. The van der Waals surface area contributed by atoms with Crippen LogP contribution in [0, 0.1) is 0 Å². The highest BCUT2D eigenvalue weighted by Gasteiger charge is 2.28. The highest BCUT2D eigenvalue weighted by atomic mass is 35.5. The maximum atomic E-state index is 12.9. The number of rotatable bonds is 8. The van der Waals surface area contributed by atoms with Crippen molar-refractivity contribution in [2.75, 3.05) is 13.1 Å². The van der Waals surface area contributed by atoms with Gasteiger partial charge in [0.05, 0.1) is 16.6 Å². The molecule has 0 aromatic heterocycles. The fourth-order valence-electron chi connectivity index (χ4n) is 4.01. The number of sulfonamides is 1. The summed E-state index contributed by atoms with van der Waals surface area (Å²) in [7, 11) is -3.87. The quantitative estimate of drug-likeness (QED) is 0.560. The number of carbonyl (C=O) groups excluding carboxylic acids is 2. The van der Waals surface area contributed by atoms with Crippen molar-refractivity contribution < 1.29 is 22.7 Å². The molecule has 2 unspecified atom stereocenters. The molecule has 0 aliphatic heterocycles. The van der Waals surface area contributed by atoms with E-state index in [1.807, 2.05) is 18.2 Å². The van der Waals surface area contributed by atoms with Gasteiger partial charge in [0.1, 0.15) is 4.90 Å². The Kier molecular flexibility index (Phi) is 8.15. The number of nitrogens with one attached hydrogen (secondary N) is 1. The predicted molar refractivity (Wildman–Crippen MR) is 127 cm³/mol. The van der Waals surface area contributed by atoms with E-state index in [1.54, 1.807) is 13.8 Å². The number of esters is 1. The number of nitrogens with zero attached hydrogens (tertiary/aromatic N) is 1. The van der Waals surface area contributed by atoms with Gasteiger partial charge >= 0.3 is 5.97 Å². The number of aryl methyl sites for hydroxylation is 1. The lowest BCUT2D eigenvalue weighted by Crippen LogP contribution is -2.39. The average Bonchev–Trinajstić information content (AvgIpc) is 2.80. The second kappa shape index (κ2) is 10.7. The van der Waals surface area contributed by atoms with Crippen LogP contribution in [0.4, 0.5) is 0 Å². The Bertz CT molecular complexity index is 1130. The predicted octanol–water partition coefficient (Wildman–Crippen LogP) is 4.11. The summed E-state index contributed by atoms with van der Waals surface area (Å²) in [4.78, 5) is 25.3. The van der Waals surface area contributed by atoms with Gasteiger partial charge in [-0.05, 0) is 55.5 Å². The summed E-state index contributed by atoms with van der Waals surface area (Å²) in [6.07, 6.45) is 1.70. The molecule has 7 nitrogen and oxygen atoms in total. The van der Waals surface area contributed by atoms with Crippen molar-refractivity contribution in [3.63, 3.8) is 0 Å². The molecule has 2 aromatic rings. The molecule has 0 saturated carbocycles. The van der Waals surface area contributed by atoms with Gasteiger partial charge in [-0.25, -0.2) is 13.2 Å². The number of halogens is 1. The first-order valence-corrected chi connectivity index (χ1v) is 12.9. The number of ether oxygens (including phenoxy) is 1. The van der Waals surface area contributed by atoms with Gasteiger partial charge in [-0.1, -0.05) is 49.7 Å². The van der Waals surface area contributed by atoms with Gasteiger partial charge in [-0.15, -0.1) is 0 Å². The Morgan fingerprint density at radius 2 is 1.88 bits per heavy atom. The van der Waals surface area contributed by atoms with Crippen LogP contribution in [0.1, 0.15) is 61.1 Å². The van der Waals surface area contributed by atoms with E-state index < -0.39 is 28.0 Å². The van der Waals surface area contributed by atoms with Crippen LogP contribution in [-0.2, 0) is 26.0 Å². The third kappa shape index (κ3) is 5.57. The molecule has 0 heterocycles. The fraction of sp³-hybridized carbons (Fsp3) is 0.417. The van der Waals surface area contributed by atoms with E-state index >= 15 is 0 Å².